The van der Waals surface area contributed by atoms with Gasteiger partial charge < -0.3 is 15.7 Å². The van der Waals surface area contributed by atoms with Crippen LogP contribution in [0.1, 0.15) is 27.2 Å². The molecule has 0 fully saturated rings. The largest absolute Gasteiger partial charge is 0.481 e. The smallest absolute Gasteiger partial charge is 0.315 e. The summed E-state index contributed by atoms with van der Waals surface area (Å²) >= 11 is 0. The highest BCUT2D eigenvalue weighted by Crippen LogP contribution is 2.09. The van der Waals surface area contributed by atoms with Crippen molar-refractivity contribution in [3.63, 3.8) is 0 Å². The fourth-order valence-corrected chi connectivity index (χ4v) is 1.39. The van der Waals surface area contributed by atoms with Gasteiger partial charge in [-0.2, -0.15) is 0 Å². The lowest BCUT2D eigenvalue weighted by Gasteiger charge is -2.18. The minimum Gasteiger partial charge on any atom is -0.481 e. The molecule has 0 bridgehead atoms. The summed E-state index contributed by atoms with van der Waals surface area (Å²) in [5, 5.41) is 14.2. The fourth-order valence-electron chi connectivity index (χ4n) is 1.39. The zero-order chi connectivity index (χ0) is 13.4. The van der Waals surface area contributed by atoms with Crippen LogP contribution in [-0.4, -0.2) is 29.7 Å². The van der Waals surface area contributed by atoms with Crippen molar-refractivity contribution in [2.75, 3.05) is 6.54 Å². The highest BCUT2D eigenvalue weighted by atomic mass is 16.4. The minimum absolute atomic E-state index is 0.00479. The van der Waals surface area contributed by atoms with E-state index in [0.717, 1.165) is 0 Å². The van der Waals surface area contributed by atoms with Crippen LogP contribution in [0, 0.1) is 11.8 Å². The van der Waals surface area contributed by atoms with E-state index in [-0.39, 0.29) is 24.5 Å². The molecule has 5 heteroatoms. The Morgan fingerprint density at radius 3 is 2.35 bits per heavy atom. The van der Waals surface area contributed by atoms with Crippen LogP contribution >= 0.6 is 0 Å². The fraction of sp³-hybridized carbons (Fsp3) is 0.667. The zero-order valence-corrected chi connectivity index (χ0v) is 10.7. The van der Waals surface area contributed by atoms with Gasteiger partial charge in [-0.25, -0.2) is 4.79 Å². The summed E-state index contributed by atoms with van der Waals surface area (Å²) in [6, 6.07) is -0.346. The van der Waals surface area contributed by atoms with Crippen molar-refractivity contribution in [1.29, 1.82) is 0 Å². The molecular weight excluding hydrogens is 220 g/mol. The molecule has 17 heavy (non-hydrogen) atoms. The molecule has 0 saturated heterocycles. The molecule has 0 saturated carbocycles. The van der Waals surface area contributed by atoms with Crippen LogP contribution in [0.15, 0.2) is 12.7 Å². The lowest BCUT2D eigenvalue weighted by Crippen LogP contribution is -2.44. The van der Waals surface area contributed by atoms with Gasteiger partial charge in [0.15, 0.2) is 0 Å². The molecule has 0 aliphatic rings. The first kappa shape index (κ1) is 15.5. The van der Waals surface area contributed by atoms with E-state index in [1.165, 1.54) is 0 Å². The summed E-state index contributed by atoms with van der Waals surface area (Å²) in [6.45, 7) is 9.21. The van der Waals surface area contributed by atoms with E-state index in [0.29, 0.717) is 6.42 Å². The van der Waals surface area contributed by atoms with Crippen LogP contribution in [0.3, 0.4) is 0 Å². The van der Waals surface area contributed by atoms with E-state index >= 15 is 0 Å². The second kappa shape index (κ2) is 7.70. The maximum absolute atomic E-state index is 11.4. The van der Waals surface area contributed by atoms with E-state index in [9.17, 15) is 9.59 Å². The number of carbonyl (C=O) groups excluding carboxylic acids is 1. The van der Waals surface area contributed by atoms with E-state index < -0.39 is 11.9 Å². The monoisotopic (exact) mass is 242 g/mol. The Morgan fingerprint density at radius 2 is 1.94 bits per heavy atom. The van der Waals surface area contributed by atoms with Gasteiger partial charge in [0.25, 0.3) is 0 Å². The molecule has 98 valence electrons. The van der Waals surface area contributed by atoms with Crippen molar-refractivity contribution < 1.29 is 14.7 Å². The van der Waals surface area contributed by atoms with Crippen molar-refractivity contribution in [1.82, 2.24) is 10.6 Å². The number of hydrogen-bond donors (Lipinski definition) is 3. The lowest BCUT2D eigenvalue weighted by atomic mass is 9.96. The van der Waals surface area contributed by atoms with Crippen molar-refractivity contribution >= 4 is 12.0 Å². The van der Waals surface area contributed by atoms with Gasteiger partial charge in [0.05, 0.1) is 5.92 Å². The first-order valence-electron chi connectivity index (χ1n) is 5.76. The molecular formula is C12H22N2O3. The van der Waals surface area contributed by atoms with Crippen LogP contribution in [0.4, 0.5) is 4.79 Å². The van der Waals surface area contributed by atoms with Crippen molar-refractivity contribution in [2.45, 2.75) is 33.2 Å². The molecule has 0 rings (SSSR count). The number of hydrogen-bond acceptors (Lipinski definition) is 2. The van der Waals surface area contributed by atoms with Crippen LogP contribution in [0.5, 0.6) is 0 Å². The van der Waals surface area contributed by atoms with Gasteiger partial charge >= 0.3 is 12.0 Å². The van der Waals surface area contributed by atoms with Crippen LogP contribution in [0.25, 0.3) is 0 Å². The number of carboxylic acids is 1. The topological polar surface area (TPSA) is 78.4 Å². The molecule has 3 N–H and O–H groups in total. The Kier molecular flexibility index (Phi) is 7.02. The first-order valence-corrected chi connectivity index (χ1v) is 5.76. The summed E-state index contributed by atoms with van der Waals surface area (Å²) in [7, 11) is 0. The van der Waals surface area contributed by atoms with Gasteiger partial charge in [-0.05, 0) is 19.3 Å². The maximum Gasteiger partial charge on any atom is 0.315 e. The molecule has 2 unspecified atom stereocenters. The average molecular weight is 242 g/mol. The van der Waals surface area contributed by atoms with Crippen molar-refractivity contribution in [2.24, 2.45) is 11.8 Å². The minimum atomic E-state index is -0.889. The highest BCUT2D eigenvalue weighted by molar-refractivity contribution is 5.76. The molecule has 0 aromatic heterocycles. The summed E-state index contributed by atoms with van der Waals surface area (Å²) in [5.41, 5.74) is 0. The number of amides is 2. The summed E-state index contributed by atoms with van der Waals surface area (Å²) < 4.78 is 0. The third kappa shape index (κ3) is 6.60. The van der Waals surface area contributed by atoms with Gasteiger partial charge in [-0.3, -0.25) is 4.79 Å². The lowest BCUT2D eigenvalue weighted by molar-refractivity contribution is -0.142. The molecule has 2 atom stereocenters. The summed E-state index contributed by atoms with van der Waals surface area (Å²) in [5.74, 6) is -1.46. The van der Waals surface area contributed by atoms with E-state index in [4.69, 9.17) is 5.11 Å². The van der Waals surface area contributed by atoms with Gasteiger partial charge in [-0.1, -0.05) is 19.9 Å². The normalized spacial score (nSPS) is 13.9. The van der Waals surface area contributed by atoms with Crippen LogP contribution < -0.4 is 10.6 Å². The molecule has 2 amide bonds. The Hall–Kier alpha value is -1.52. The predicted molar refractivity (Wildman–Crippen MR) is 66.8 cm³/mol. The van der Waals surface area contributed by atoms with E-state index in [2.05, 4.69) is 17.2 Å². The number of urea groups is 1. The third-order valence-corrected chi connectivity index (χ3v) is 2.50. The van der Waals surface area contributed by atoms with Crippen LogP contribution in [0.2, 0.25) is 0 Å². The molecule has 0 aliphatic carbocycles. The molecule has 0 aromatic rings. The summed E-state index contributed by atoms with van der Waals surface area (Å²) in [4.78, 5) is 22.3. The van der Waals surface area contributed by atoms with Crippen molar-refractivity contribution in [3.05, 3.63) is 12.7 Å². The SMILES string of the molecule is C=CCC(C)NC(=O)NCC(C(=O)O)C(C)C. The van der Waals surface area contributed by atoms with E-state index in [1.54, 1.807) is 6.08 Å². The third-order valence-electron chi connectivity index (χ3n) is 2.50. The van der Waals surface area contributed by atoms with Crippen LogP contribution in [-0.2, 0) is 4.79 Å². The Balaban J connectivity index is 4.04. The van der Waals surface area contributed by atoms with Gasteiger partial charge in [-0.15, -0.1) is 6.58 Å². The highest BCUT2D eigenvalue weighted by Gasteiger charge is 2.21. The number of carboxylic acid groups (broad SMARTS) is 1. The number of aliphatic carboxylic acids is 1. The standard InChI is InChI=1S/C12H22N2O3/c1-5-6-9(4)14-12(17)13-7-10(8(2)3)11(15)16/h5,8-10H,1,6-7H2,2-4H3,(H,15,16)(H2,13,14,17). The average Bonchev–Trinajstić information content (AvgIpc) is 2.16. The molecule has 0 heterocycles. The Bertz CT molecular complexity index is 277. The second-order valence-electron chi connectivity index (χ2n) is 4.47. The number of rotatable bonds is 7. The molecule has 0 spiro atoms. The Morgan fingerprint density at radius 1 is 1.35 bits per heavy atom. The Labute approximate surface area is 102 Å². The second-order valence-corrected chi connectivity index (χ2v) is 4.47. The van der Waals surface area contributed by atoms with Gasteiger partial charge in [0.1, 0.15) is 0 Å². The quantitative estimate of drug-likeness (QED) is 0.593. The molecule has 5 nitrogen and oxygen atoms in total. The number of carbonyl (C=O) groups is 2. The van der Waals surface area contributed by atoms with Gasteiger partial charge in [0.2, 0.25) is 0 Å². The first-order chi connectivity index (χ1) is 7.88. The maximum atomic E-state index is 11.4. The molecule has 0 aliphatic heterocycles. The van der Waals surface area contributed by atoms with Crippen molar-refractivity contribution in [3.8, 4) is 0 Å². The predicted octanol–water partition coefficient (Wildman–Crippen LogP) is 1.61. The van der Waals surface area contributed by atoms with Gasteiger partial charge in [0, 0.05) is 12.6 Å². The molecule has 0 aromatic carbocycles. The molecule has 0 radical (unpaired) electrons. The summed E-state index contributed by atoms with van der Waals surface area (Å²) in [6.07, 6.45) is 2.40. The zero-order valence-electron chi connectivity index (χ0n) is 10.7. The number of nitrogens with one attached hydrogen (secondary N) is 2. The van der Waals surface area contributed by atoms with E-state index in [1.807, 2.05) is 20.8 Å².